The average Bonchev–Trinajstić information content (AvgIpc) is 2.73. The molecule has 9 nitrogen and oxygen atoms in total. The maximum atomic E-state index is 12.2. The van der Waals surface area contributed by atoms with Gasteiger partial charge in [0.25, 0.3) is 0 Å². The summed E-state index contributed by atoms with van der Waals surface area (Å²) in [7, 11) is 1.48. The number of hydrogen-bond donors (Lipinski definition) is 4. The van der Waals surface area contributed by atoms with Crippen molar-refractivity contribution in [1.29, 1.82) is 0 Å². The van der Waals surface area contributed by atoms with Gasteiger partial charge in [-0.05, 0) is 18.1 Å². The summed E-state index contributed by atoms with van der Waals surface area (Å²) >= 11 is 0. The standard InChI is InChI=1S/C21H27N3O6/c1-14(8-9-16(25)10-11-19(27)28)20(29)23-13-18(26)24-17(21(30)22-2)12-15-6-4-3-5-7-15/h3-7,10-11,14,17H,8-9,12-13H2,1-2H3,(H,22,30)(H,23,29)(H,24,26)(H,27,28)/b11-10-/t14-,17+/m1/s1. The quantitative estimate of drug-likeness (QED) is 0.358. The van der Waals surface area contributed by atoms with Crippen molar-refractivity contribution >= 4 is 29.5 Å². The summed E-state index contributed by atoms with van der Waals surface area (Å²) in [6, 6.07) is 8.43. The van der Waals surface area contributed by atoms with Crippen molar-refractivity contribution in [3.05, 3.63) is 48.0 Å². The minimum atomic E-state index is -1.22. The first-order chi connectivity index (χ1) is 14.2. The third-order valence-corrected chi connectivity index (χ3v) is 4.29. The molecule has 0 aliphatic rings. The van der Waals surface area contributed by atoms with Crippen LogP contribution in [-0.2, 0) is 30.4 Å². The van der Waals surface area contributed by atoms with Gasteiger partial charge in [0.2, 0.25) is 17.7 Å². The third kappa shape index (κ3) is 9.63. The maximum Gasteiger partial charge on any atom is 0.328 e. The Labute approximate surface area is 174 Å². The fraction of sp³-hybridized carbons (Fsp3) is 0.381. The number of aliphatic carboxylic acids is 1. The van der Waals surface area contributed by atoms with Gasteiger partial charge in [0.15, 0.2) is 5.78 Å². The molecule has 0 aliphatic carbocycles. The van der Waals surface area contributed by atoms with Gasteiger partial charge < -0.3 is 21.1 Å². The molecule has 1 aromatic carbocycles. The van der Waals surface area contributed by atoms with E-state index in [4.69, 9.17) is 5.11 Å². The molecule has 0 saturated heterocycles. The molecular formula is C21H27N3O6. The van der Waals surface area contributed by atoms with E-state index in [1.165, 1.54) is 7.05 Å². The molecule has 0 saturated carbocycles. The van der Waals surface area contributed by atoms with Crippen LogP contribution < -0.4 is 16.0 Å². The molecule has 0 radical (unpaired) electrons. The summed E-state index contributed by atoms with van der Waals surface area (Å²) in [5.74, 6) is -3.44. The van der Waals surface area contributed by atoms with Gasteiger partial charge in [0.1, 0.15) is 6.04 Å². The van der Waals surface area contributed by atoms with E-state index in [-0.39, 0.29) is 25.3 Å². The molecule has 0 aromatic heterocycles. The van der Waals surface area contributed by atoms with Crippen LogP contribution in [0.4, 0.5) is 0 Å². The number of ketones is 1. The van der Waals surface area contributed by atoms with E-state index in [0.29, 0.717) is 6.42 Å². The number of hydrogen-bond acceptors (Lipinski definition) is 5. The van der Waals surface area contributed by atoms with Gasteiger partial charge in [0.05, 0.1) is 6.54 Å². The zero-order valence-corrected chi connectivity index (χ0v) is 17.0. The molecule has 1 rings (SSSR count). The molecule has 9 heteroatoms. The summed E-state index contributed by atoms with van der Waals surface area (Å²) in [5.41, 5.74) is 0.880. The van der Waals surface area contributed by atoms with Gasteiger partial charge in [-0.15, -0.1) is 0 Å². The van der Waals surface area contributed by atoms with Crippen LogP contribution in [0.15, 0.2) is 42.5 Å². The topological polar surface area (TPSA) is 142 Å². The molecule has 3 amide bonds. The van der Waals surface area contributed by atoms with E-state index in [1.54, 1.807) is 6.92 Å². The number of allylic oxidation sites excluding steroid dienone is 1. The molecule has 162 valence electrons. The number of likely N-dealkylation sites (N-methyl/N-ethyl adjacent to an activating group) is 1. The number of rotatable bonds is 12. The van der Waals surface area contributed by atoms with Crippen LogP contribution in [0.3, 0.4) is 0 Å². The molecule has 30 heavy (non-hydrogen) atoms. The predicted octanol–water partition coefficient (Wildman–Crippen LogP) is 0.202. The number of amides is 3. The van der Waals surface area contributed by atoms with Crippen LogP contribution >= 0.6 is 0 Å². The fourth-order valence-corrected chi connectivity index (χ4v) is 2.56. The molecule has 0 fully saturated rings. The van der Waals surface area contributed by atoms with Crippen LogP contribution in [0, 0.1) is 5.92 Å². The molecule has 0 aliphatic heterocycles. The Bertz CT molecular complexity index is 791. The van der Waals surface area contributed by atoms with E-state index >= 15 is 0 Å². The summed E-state index contributed by atoms with van der Waals surface area (Å²) in [4.78, 5) is 58.2. The minimum absolute atomic E-state index is 0.0143. The predicted molar refractivity (Wildman–Crippen MR) is 109 cm³/mol. The Morgan fingerprint density at radius 2 is 1.70 bits per heavy atom. The lowest BCUT2D eigenvalue weighted by Crippen LogP contribution is -2.50. The second-order valence-corrected chi connectivity index (χ2v) is 6.72. The van der Waals surface area contributed by atoms with Crippen molar-refractivity contribution < 1.29 is 29.1 Å². The van der Waals surface area contributed by atoms with Crippen molar-refractivity contribution in [1.82, 2.24) is 16.0 Å². The lowest BCUT2D eigenvalue weighted by atomic mass is 10.0. The van der Waals surface area contributed by atoms with Crippen LogP contribution in [-0.4, -0.2) is 54.2 Å². The Kier molecular flexibility index (Phi) is 10.5. The van der Waals surface area contributed by atoms with Gasteiger partial charge >= 0.3 is 5.97 Å². The van der Waals surface area contributed by atoms with E-state index in [0.717, 1.165) is 17.7 Å². The highest BCUT2D eigenvalue weighted by Crippen LogP contribution is 2.07. The molecule has 1 aromatic rings. The zero-order valence-electron chi connectivity index (χ0n) is 17.0. The van der Waals surface area contributed by atoms with E-state index < -0.39 is 35.5 Å². The van der Waals surface area contributed by atoms with Crippen LogP contribution in [0.5, 0.6) is 0 Å². The highest BCUT2D eigenvalue weighted by Gasteiger charge is 2.21. The van der Waals surface area contributed by atoms with Gasteiger partial charge in [-0.1, -0.05) is 37.3 Å². The summed E-state index contributed by atoms with van der Waals surface area (Å²) < 4.78 is 0. The van der Waals surface area contributed by atoms with E-state index in [2.05, 4.69) is 16.0 Å². The Morgan fingerprint density at radius 1 is 1.03 bits per heavy atom. The monoisotopic (exact) mass is 417 g/mol. The number of carbonyl (C=O) groups excluding carboxylic acids is 4. The van der Waals surface area contributed by atoms with Crippen molar-refractivity contribution in [2.75, 3.05) is 13.6 Å². The third-order valence-electron chi connectivity index (χ3n) is 4.29. The first kappa shape index (κ1) is 24.5. The Balaban J connectivity index is 2.48. The van der Waals surface area contributed by atoms with Crippen LogP contribution in [0.1, 0.15) is 25.3 Å². The maximum absolute atomic E-state index is 12.2. The smallest absolute Gasteiger partial charge is 0.328 e. The SMILES string of the molecule is CNC(=O)[C@H](Cc1ccccc1)NC(=O)CNC(=O)[C@H](C)CCC(=O)/C=C\C(=O)O. The van der Waals surface area contributed by atoms with E-state index in [1.807, 2.05) is 30.3 Å². The van der Waals surface area contributed by atoms with Crippen molar-refractivity contribution in [3.8, 4) is 0 Å². The summed E-state index contributed by atoms with van der Waals surface area (Å²) in [5, 5.41) is 16.1. The van der Waals surface area contributed by atoms with Crippen LogP contribution in [0.2, 0.25) is 0 Å². The molecular weight excluding hydrogens is 390 g/mol. The number of nitrogens with one attached hydrogen (secondary N) is 3. The Morgan fingerprint density at radius 3 is 2.30 bits per heavy atom. The van der Waals surface area contributed by atoms with Crippen molar-refractivity contribution in [2.24, 2.45) is 5.92 Å². The first-order valence-electron chi connectivity index (χ1n) is 9.49. The normalized spacial score (nSPS) is 12.6. The summed E-state index contributed by atoms with van der Waals surface area (Å²) in [6.07, 6.45) is 2.23. The van der Waals surface area contributed by atoms with Gasteiger partial charge in [0, 0.05) is 31.9 Å². The number of benzene rings is 1. The van der Waals surface area contributed by atoms with Gasteiger partial charge in [-0.25, -0.2) is 4.79 Å². The second-order valence-electron chi connectivity index (χ2n) is 6.72. The number of carboxylic acid groups (broad SMARTS) is 1. The highest BCUT2D eigenvalue weighted by atomic mass is 16.4. The average molecular weight is 417 g/mol. The van der Waals surface area contributed by atoms with Gasteiger partial charge in [-0.3, -0.25) is 19.2 Å². The minimum Gasteiger partial charge on any atom is -0.478 e. The highest BCUT2D eigenvalue weighted by molar-refractivity contribution is 5.95. The number of carboxylic acids is 1. The van der Waals surface area contributed by atoms with Crippen molar-refractivity contribution in [2.45, 2.75) is 32.2 Å². The first-order valence-corrected chi connectivity index (χ1v) is 9.49. The lowest BCUT2D eigenvalue weighted by Gasteiger charge is -2.18. The fourth-order valence-electron chi connectivity index (χ4n) is 2.56. The molecule has 4 N–H and O–H groups in total. The molecule has 0 unspecified atom stereocenters. The van der Waals surface area contributed by atoms with Crippen LogP contribution in [0.25, 0.3) is 0 Å². The molecule has 0 heterocycles. The molecule has 0 bridgehead atoms. The zero-order chi connectivity index (χ0) is 22.5. The van der Waals surface area contributed by atoms with Crippen molar-refractivity contribution in [3.63, 3.8) is 0 Å². The van der Waals surface area contributed by atoms with E-state index in [9.17, 15) is 24.0 Å². The lowest BCUT2D eigenvalue weighted by molar-refractivity contribution is -0.132. The molecule has 2 atom stereocenters. The summed E-state index contributed by atoms with van der Waals surface area (Å²) in [6.45, 7) is 1.29. The Hall–Kier alpha value is -3.49. The number of carbonyl (C=O) groups is 5. The second kappa shape index (κ2) is 12.9. The largest absolute Gasteiger partial charge is 0.478 e. The molecule has 0 spiro atoms. The van der Waals surface area contributed by atoms with Gasteiger partial charge in [-0.2, -0.15) is 0 Å².